The lowest BCUT2D eigenvalue weighted by atomic mass is 9.91. The largest absolute Gasteiger partial charge is 0.332 e. The van der Waals surface area contributed by atoms with E-state index in [1.165, 1.54) is 36.3 Å². The highest BCUT2D eigenvalue weighted by atomic mass is 32.1. The van der Waals surface area contributed by atoms with E-state index in [1.807, 2.05) is 13.0 Å². The maximum atomic E-state index is 13.6. The van der Waals surface area contributed by atoms with Gasteiger partial charge in [-0.1, -0.05) is 39.3 Å². The molecule has 1 aromatic carbocycles. The Kier molecular flexibility index (Phi) is 9.87. The maximum Gasteiger partial charge on any atom is 0.242 e. The Morgan fingerprint density at radius 1 is 0.943 bits per heavy atom. The molecule has 1 aliphatic rings. The molecule has 2 aromatic rings. The van der Waals surface area contributed by atoms with Crippen molar-refractivity contribution in [3.8, 4) is 0 Å². The monoisotopic (exact) mass is 501 g/mol. The Morgan fingerprint density at radius 3 is 2.23 bits per heavy atom. The molecule has 1 fully saturated rings. The van der Waals surface area contributed by atoms with Crippen LogP contribution in [0.3, 0.4) is 0 Å². The van der Waals surface area contributed by atoms with E-state index in [9.17, 15) is 14.0 Å². The molecule has 0 radical (unpaired) electrons. The fraction of sp³-hybridized carbons (Fsp3) is 0.571. The Labute approximate surface area is 213 Å². The molecular weight excluding hydrogens is 461 g/mol. The van der Waals surface area contributed by atoms with Crippen LogP contribution in [0, 0.1) is 18.2 Å². The van der Waals surface area contributed by atoms with Crippen LogP contribution >= 0.6 is 11.3 Å². The van der Waals surface area contributed by atoms with Crippen LogP contribution in [0.2, 0.25) is 0 Å². The lowest BCUT2D eigenvalue weighted by Crippen LogP contribution is -2.46. The molecule has 35 heavy (non-hydrogen) atoms. The van der Waals surface area contributed by atoms with Gasteiger partial charge in [0, 0.05) is 35.8 Å². The van der Waals surface area contributed by atoms with Crippen molar-refractivity contribution in [1.82, 2.24) is 14.7 Å². The summed E-state index contributed by atoms with van der Waals surface area (Å²) in [5, 5.41) is 0. The van der Waals surface area contributed by atoms with Gasteiger partial charge in [-0.05, 0) is 68.1 Å². The Morgan fingerprint density at radius 2 is 1.63 bits per heavy atom. The maximum absolute atomic E-state index is 13.6. The van der Waals surface area contributed by atoms with Gasteiger partial charge in [0.2, 0.25) is 11.8 Å². The summed E-state index contributed by atoms with van der Waals surface area (Å²) in [6.07, 6.45) is 4.06. The Bertz CT molecular complexity index is 961. The number of thiophene rings is 1. The van der Waals surface area contributed by atoms with Crippen molar-refractivity contribution in [2.75, 3.05) is 32.7 Å². The molecule has 2 heterocycles. The van der Waals surface area contributed by atoms with Gasteiger partial charge in [-0.3, -0.25) is 9.59 Å². The number of benzene rings is 1. The number of likely N-dealkylation sites (tertiary alicyclic amines) is 1. The minimum Gasteiger partial charge on any atom is -0.332 e. The highest BCUT2D eigenvalue weighted by Crippen LogP contribution is 2.22. The van der Waals surface area contributed by atoms with Crippen LogP contribution in [0.25, 0.3) is 0 Å². The average molecular weight is 502 g/mol. The van der Waals surface area contributed by atoms with Gasteiger partial charge in [-0.15, -0.1) is 11.3 Å². The van der Waals surface area contributed by atoms with E-state index >= 15 is 0 Å². The first-order chi connectivity index (χ1) is 16.6. The molecular formula is C28H40FN3O2S. The van der Waals surface area contributed by atoms with Gasteiger partial charge in [0.1, 0.15) is 5.82 Å². The second-order valence-corrected chi connectivity index (χ2v) is 12.2. The number of hydrogen-bond acceptors (Lipinski definition) is 4. The molecule has 0 spiro atoms. The first kappa shape index (κ1) is 27.3. The second kappa shape index (κ2) is 12.6. The zero-order valence-corrected chi connectivity index (χ0v) is 22.5. The summed E-state index contributed by atoms with van der Waals surface area (Å²) in [6.45, 7) is 12.6. The predicted molar refractivity (Wildman–Crippen MR) is 141 cm³/mol. The lowest BCUT2D eigenvalue weighted by Gasteiger charge is -2.32. The van der Waals surface area contributed by atoms with Gasteiger partial charge >= 0.3 is 0 Å². The van der Waals surface area contributed by atoms with E-state index in [2.05, 4.69) is 31.7 Å². The van der Waals surface area contributed by atoms with Crippen molar-refractivity contribution in [1.29, 1.82) is 0 Å². The zero-order chi connectivity index (χ0) is 25.4. The fourth-order valence-corrected chi connectivity index (χ4v) is 5.27. The molecule has 7 heteroatoms. The van der Waals surface area contributed by atoms with E-state index in [-0.39, 0.29) is 29.6 Å². The van der Waals surface area contributed by atoms with E-state index in [0.29, 0.717) is 26.1 Å². The van der Waals surface area contributed by atoms with Crippen molar-refractivity contribution in [3.05, 3.63) is 57.5 Å². The molecule has 0 unspecified atom stereocenters. The van der Waals surface area contributed by atoms with Gasteiger partial charge in [-0.25, -0.2) is 4.39 Å². The third-order valence-electron chi connectivity index (χ3n) is 6.28. The van der Waals surface area contributed by atoms with Crippen LogP contribution in [0.1, 0.15) is 61.8 Å². The first-order valence-electron chi connectivity index (χ1n) is 12.7. The Hall–Kier alpha value is -2.25. The smallest absolute Gasteiger partial charge is 0.242 e. The predicted octanol–water partition coefficient (Wildman–Crippen LogP) is 5.48. The Balaban J connectivity index is 1.74. The SMILES string of the molecule is Cc1ccc(CN(Cc2ccc(F)cc2)C(=O)CN(CCN2CCCCC2)C(=O)CC(C)(C)C)s1. The van der Waals surface area contributed by atoms with Crippen molar-refractivity contribution >= 4 is 23.2 Å². The molecule has 0 atom stereocenters. The van der Waals surface area contributed by atoms with Crippen LogP contribution in [-0.4, -0.2) is 59.2 Å². The number of halogens is 1. The van der Waals surface area contributed by atoms with E-state index in [1.54, 1.807) is 33.3 Å². The number of carbonyl (C=O) groups excluding carboxylic acids is 2. The molecule has 0 saturated carbocycles. The molecule has 192 valence electrons. The second-order valence-electron chi connectivity index (χ2n) is 10.8. The summed E-state index contributed by atoms with van der Waals surface area (Å²) < 4.78 is 13.4. The number of amides is 2. The summed E-state index contributed by atoms with van der Waals surface area (Å²) >= 11 is 1.67. The van der Waals surface area contributed by atoms with Gasteiger partial charge in [0.15, 0.2) is 0 Å². The molecule has 1 aromatic heterocycles. The minimum absolute atomic E-state index is 0.0246. The molecule has 3 rings (SSSR count). The summed E-state index contributed by atoms with van der Waals surface area (Å²) in [5.41, 5.74) is 0.722. The van der Waals surface area contributed by atoms with Crippen molar-refractivity contribution in [2.24, 2.45) is 5.41 Å². The fourth-order valence-electron chi connectivity index (χ4n) is 4.37. The van der Waals surface area contributed by atoms with Crippen molar-refractivity contribution in [2.45, 2.75) is 66.5 Å². The van der Waals surface area contributed by atoms with E-state index in [0.717, 1.165) is 30.1 Å². The van der Waals surface area contributed by atoms with Gasteiger partial charge in [-0.2, -0.15) is 0 Å². The first-order valence-corrected chi connectivity index (χ1v) is 13.5. The van der Waals surface area contributed by atoms with Gasteiger partial charge in [0.25, 0.3) is 0 Å². The average Bonchev–Trinajstić information content (AvgIpc) is 3.21. The number of carbonyl (C=O) groups is 2. The van der Waals surface area contributed by atoms with Crippen LogP contribution < -0.4 is 0 Å². The molecule has 5 nitrogen and oxygen atoms in total. The number of hydrogen-bond donors (Lipinski definition) is 0. The van der Waals surface area contributed by atoms with Crippen LogP contribution in [0.5, 0.6) is 0 Å². The molecule has 0 aliphatic carbocycles. The summed E-state index contributed by atoms with van der Waals surface area (Å²) in [6, 6.07) is 10.4. The molecule has 2 amide bonds. The van der Waals surface area contributed by atoms with Crippen molar-refractivity contribution < 1.29 is 14.0 Å². The van der Waals surface area contributed by atoms with Crippen LogP contribution in [0.15, 0.2) is 36.4 Å². The summed E-state index contributed by atoms with van der Waals surface area (Å²) in [7, 11) is 0. The number of piperidine rings is 1. The highest BCUT2D eigenvalue weighted by Gasteiger charge is 2.26. The quantitative estimate of drug-likeness (QED) is 0.433. The third kappa shape index (κ3) is 9.37. The topological polar surface area (TPSA) is 43.9 Å². The lowest BCUT2D eigenvalue weighted by molar-refractivity contribution is -0.142. The van der Waals surface area contributed by atoms with Crippen LogP contribution in [-0.2, 0) is 22.7 Å². The minimum atomic E-state index is -0.294. The van der Waals surface area contributed by atoms with Crippen molar-refractivity contribution in [3.63, 3.8) is 0 Å². The van der Waals surface area contributed by atoms with Gasteiger partial charge < -0.3 is 14.7 Å². The third-order valence-corrected chi connectivity index (χ3v) is 7.26. The number of nitrogens with zero attached hydrogens (tertiary/aromatic N) is 3. The molecule has 1 saturated heterocycles. The summed E-state index contributed by atoms with van der Waals surface area (Å²) in [5.74, 6) is -0.352. The number of aryl methyl sites for hydroxylation is 1. The molecule has 0 N–H and O–H groups in total. The normalized spacial score (nSPS) is 14.7. The van der Waals surface area contributed by atoms with Crippen LogP contribution in [0.4, 0.5) is 4.39 Å². The van der Waals surface area contributed by atoms with E-state index < -0.39 is 0 Å². The summed E-state index contributed by atoms with van der Waals surface area (Å²) in [4.78, 5) is 35.1. The standard InChI is InChI=1S/C28H40FN3O2S/c1-22-8-13-25(35-22)20-32(19-23-9-11-24(29)12-10-23)27(34)21-31(26(33)18-28(2,3)4)17-16-30-14-6-5-7-15-30/h8-13H,5-7,14-21H2,1-4H3. The number of rotatable bonds is 10. The molecule has 1 aliphatic heterocycles. The zero-order valence-electron chi connectivity index (χ0n) is 21.7. The van der Waals surface area contributed by atoms with E-state index in [4.69, 9.17) is 0 Å². The van der Waals surface area contributed by atoms with Gasteiger partial charge in [0.05, 0.1) is 13.1 Å². The molecule has 0 bridgehead atoms. The highest BCUT2D eigenvalue weighted by molar-refractivity contribution is 7.11.